The molecule has 0 bridgehead atoms. The number of benzene rings is 3. The van der Waals surface area contributed by atoms with E-state index in [2.05, 4.69) is 24.1 Å². The maximum absolute atomic E-state index is 13.0. The van der Waals surface area contributed by atoms with Crippen LogP contribution in [0, 0.1) is 5.92 Å². The molecular weight excluding hydrogens is 410 g/mol. The molecule has 0 radical (unpaired) electrons. The fraction of sp³-hybridized carbons (Fsp3) is 0.276. The van der Waals surface area contributed by atoms with Gasteiger partial charge in [-0.25, -0.2) is 0 Å². The van der Waals surface area contributed by atoms with Gasteiger partial charge in [0.05, 0.1) is 10.9 Å². The summed E-state index contributed by atoms with van der Waals surface area (Å²) in [5.41, 5.74) is 3.08. The first-order valence-electron chi connectivity index (χ1n) is 11.7. The van der Waals surface area contributed by atoms with Crippen molar-refractivity contribution >= 4 is 11.0 Å². The van der Waals surface area contributed by atoms with Crippen LogP contribution < -0.4 is 10.2 Å². The summed E-state index contributed by atoms with van der Waals surface area (Å²) in [6, 6.07) is 25.4. The zero-order valence-electron chi connectivity index (χ0n) is 18.9. The highest BCUT2D eigenvalue weighted by molar-refractivity contribution is 5.82. The molecule has 4 heteroatoms. The molecule has 5 rings (SSSR count). The number of ether oxygens (including phenoxy) is 1. The third-order valence-electron chi connectivity index (χ3n) is 6.32. The first-order valence-corrected chi connectivity index (χ1v) is 11.7. The van der Waals surface area contributed by atoms with Crippen molar-refractivity contribution in [3.05, 3.63) is 101 Å². The molecule has 1 atom stereocenters. The van der Waals surface area contributed by atoms with Gasteiger partial charge in [0, 0.05) is 25.6 Å². The molecular formula is C29H29NO3. The summed E-state index contributed by atoms with van der Waals surface area (Å²) >= 11 is 0. The molecule has 0 amide bonds. The van der Waals surface area contributed by atoms with E-state index in [-0.39, 0.29) is 11.5 Å². The zero-order valence-corrected chi connectivity index (χ0v) is 18.9. The summed E-state index contributed by atoms with van der Waals surface area (Å²) in [7, 11) is 2.19. The normalized spacial score (nSPS) is 14.5. The van der Waals surface area contributed by atoms with Crippen molar-refractivity contribution in [3.63, 3.8) is 0 Å². The van der Waals surface area contributed by atoms with Gasteiger partial charge in [0.15, 0.2) is 5.43 Å². The minimum absolute atomic E-state index is 0.0321. The number of rotatable bonds is 9. The van der Waals surface area contributed by atoms with Crippen LogP contribution in [0.2, 0.25) is 0 Å². The van der Waals surface area contributed by atoms with Crippen molar-refractivity contribution in [2.75, 3.05) is 20.1 Å². The minimum atomic E-state index is -0.0689. The van der Waals surface area contributed by atoms with Crippen LogP contribution in [0.4, 0.5) is 0 Å². The summed E-state index contributed by atoms with van der Waals surface area (Å²) in [5, 5.41) is 0.559. The summed E-state index contributed by atoms with van der Waals surface area (Å²) < 4.78 is 12.3. The molecule has 0 saturated heterocycles. The monoisotopic (exact) mass is 439 g/mol. The van der Waals surface area contributed by atoms with Crippen LogP contribution in [0.15, 0.2) is 94.3 Å². The quantitative estimate of drug-likeness (QED) is 0.306. The van der Waals surface area contributed by atoms with E-state index in [1.54, 1.807) is 6.26 Å². The largest absolute Gasteiger partial charge is 0.486 e. The number of hydrogen-bond acceptors (Lipinski definition) is 4. The Morgan fingerprint density at radius 2 is 1.73 bits per heavy atom. The second-order valence-corrected chi connectivity index (χ2v) is 9.01. The van der Waals surface area contributed by atoms with E-state index in [4.69, 9.17) is 9.15 Å². The van der Waals surface area contributed by atoms with Gasteiger partial charge in [-0.2, -0.15) is 0 Å². The highest BCUT2D eigenvalue weighted by Gasteiger charge is 2.23. The minimum Gasteiger partial charge on any atom is -0.486 e. The molecule has 1 unspecified atom stereocenters. The Hall–Kier alpha value is -3.37. The first kappa shape index (κ1) is 21.5. The van der Waals surface area contributed by atoms with E-state index in [1.807, 2.05) is 66.7 Å². The van der Waals surface area contributed by atoms with Gasteiger partial charge in [0.2, 0.25) is 0 Å². The third-order valence-corrected chi connectivity index (χ3v) is 6.32. The van der Waals surface area contributed by atoms with E-state index in [9.17, 15) is 4.79 Å². The van der Waals surface area contributed by atoms with E-state index in [1.165, 1.54) is 12.8 Å². The summed E-state index contributed by atoms with van der Waals surface area (Å²) in [6.45, 7) is 2.13. The van der Waals surface area contributed by atoms with Gasteiger partial charge in [-0.3, -0.25) is 4.79 Å². The lowest BCUT2D eigenvalue weighted by molar-refractivity contribution is 0.171. The molecule has 4 aromatic rings. The van der Waals surface area contributed by atoms with Gasteiger partial charge in [0.25, 0.3) is 0 Å². The highest BCUT2D eigenvalue weighted by Crippen LogP contribution is 2.31. The molecule has 33 heavy (non-hydrogen) atoms. The molecule has 1 aliphatic carbocycles. The first-order chi connectivity index (χ1) is 16.2. The predicted octanol–water partition coefficient (Wildman–Crippen LogP) is 6.31. The molecule has 0 spiro atoms. The fourth-order valence-electron chi connectivity index (χ4n) is 4.29. The van der Waals surface area contributed by atoms with Crippen molar-refractivity contribution < 1.29 is 9.15 Å². The van der Waals surface area contributed by atoms with E-state index >= 15 is 0 Å². The van der Waals surface area contributed by atoms with Gasteiger partial charge in [-0.15, -0.1) is 0 Å². The van der Waals surface area contributed by atoms with E-state index in [0.717, 1.165) is 36.6 Å². The Kier molecular flexibility index (Phi) is 6.27. The van der Waals surface area contributed by atoms with Crippen LogP contribution in [0.25, 0.3) is 22.1 Å². The fourth-order valence-corrected chi connectivity index (χ4v) is 4.29. The number of nitrogens with zero attached hydrogens (tertiary/aromatic N) is 1. The van der Waals surface area contributed by atoms with Crippen molar-refractivity contribution in [2.45, 2.75) is 25.4 Å². The SMILES string of the molecule is CN(CCC(Oc1ccc2c(=O)c(-c3ccccc3)coc2c1)c1ccccc1)CC1CC1. The average Bonchev–Trinajstić information content (AvgIpc) is 3.67. The van der Waals surface area contributed by atoms with Crippen molar-refractivity contribution in [3.8, 4) is 16.9 Å². The highest BCUT2D eigenvalue weighted by atomic mass is 16.5. The predicted molar refractivity (Wildman–Crippen MR) is 133 cm³/mol. The standard InChI is InChI=1S/C29H29NO3/c1-30(19-21-12-13-21)17-16-27(23-10-6-3-7-11-23)33-24-14-15-25-28(18-24)32-20-26(29(25)31)22-8-4-2-5-9-22/h2-11,14-15,18,20-21,27H,12-13,16-17,19H2,1H3. The van der Waals surface area contributed by atoms with Crippen LogP contribution in [-0.2, 0) is 0 Å². The van der Waals surface area contributed by atoms with Crippen LogP contribution in [0.1, 0.15) is 30.9 Å². The lowest BCUT2D eigenvalue weighted by Gasteiger charge is -2.23. The average molecular weight is 440 g/mol. The number of hydrogen-bond donors (Lipinski definition) is 0. The lowest BCUT2D eigenvalue weighted by atomic mass is 10.1. The third kappa shape index (κ3) is 5.18. The van der Waals surface area contributed by atoms with Gasteiger partial charge >= 0.3 is 0 Å². The smallest absolute Gasteiger partial charge is 0.200 e. The lowest BCUT2D eigenvalue weighted by Crippen LogP contribution is -2.24. The van der Waals surface area contributed by atoms with Gasteiger partial charge < -0.3 is 14.1 Å². The van der Waals surface area contributed by atoms with Crippen LogP contribution >= 0.6 is 0 Å². The second-order valence-electron chi connectivity index (χ2n) is 9.01. The van der Waals surface area contributed by atoms with E-state index in [0.29, 0.717) is 22.3 Å². The second kappa shape index (κ2) is 9.63. The Balaban J connectivity index is 1.38. The van der Waals surface area contributed by atoms with Gasteiger partial charge in [-0.1, -0.05) is 60.7 Å². The Labute approximate surface area is 194 Å². The molecule has 1 aromatic heterocycles. The molecule has 1 aliphatic rings. The molecule has 1 heterocycles. The zero-order chi connectivity index (χ0) is 22.6. The summed E-state index contributed by atoms with van der Waals surface area (Å²) in [4.78, 5) is 15.5. The van der Waals surface area contributed by atoms with Crippen molar-refractivity contribution in [2.24, 2.45) is 5.92 Å². The Bertz CT molecular complexity index is 1260. The molecule has 168 valence electrons. The maximum Gasteiger partial charge on any atom is 0.200 e. The van der Waals surface area contributed by atoms with Crippen LogP contribution in [0.3, 0.4) is 0 Å². The summed E-state index contributed by atoms with van der Waals surface area (Å²) in [5.74, 6) is 1.58. The molecule has 3 aromatic carbocycles. The Morgan fingerprint density at radius 3 is 2.45 bits per heavy atom. The van der Waals surface area contributed by atoms with Crippen LogP contribution in [-0.4, -0.2) is 25.0 Å². The van der Waals surface area contributed by atoms with Gasteiger partial charge in [-0.05, 0) is 49.1 Å². The summed E-state index contributed by atoms with van der Waals surface area (Å²) in [6.07, 6.45) is 5.09. The topological polar surface area (TPSA) is 42.7 Å². The number of fused-ring (bicyclic) bond motifs is 1. The molecule has 4 nitrogen and oxygen atoms in total. The Morgan fingerprint density at radius 1 is 1.00 bits per heavy atom. The van der Waals surface area contributed by atoms with Crippen molar-refractivity contribution in [1.82, 2.24) is 4.90 Å². The van der Waals surface area contributed by atoms with Crippen LogP contribution in [0.5, 0.6) is 5.75 Å². The van der Waals surface area contributed by atoms with Gasteiger partial charge in [0.1, 0.15) is 23.7 Å². The molecule has 0 aliphatic heterocycles. The van der Waals surface area contributed by atoms with Crippen molar-refractivity contribution in [1.29, 1.82) is 0 Å². The van der Waals surface area contributed by atoms with E-state index < -0.39 is 0 Å². The molecule has 1 saturated carbocycles. The maximum atomic E-state index is 13.0. The molecule has 1 fully saturated rings. The molecule has 0 N–H and O–H groups in total.